The van der Waals surface area contributed by atoms with Gasteiger partial charge in [0.15, 0.2) is 6.23 Å². The average molecular weight is 437 g/mol. The standard InChI is InChI=1S/C18H26F3N3O6/c1-2-11-13(26)14(15(30-11)24-9-7-12(25)23-17(24)28)29-10-6-4-3-5-8-22-16(27)18(19,20)21/h7,9,11,13-15,26H,2-6,8,10H2,1H3,(H,22,27)(H,23,25,28)/t11-,13+,14?,15-/m1/s1. The lowest BCUT2D eigenvalue weighted by Crippen LogP contribution is -2.39. The van der Waals surface area contributed by atoms with Crippen LogP contribution in [-0.4, -0.2) is 58.2 Å². The van der Waals surface area contributed by atoms with E-state index in [0.717, 1.165) is 4.57 Å². The summed E-state index contributed by atoms with van der Waals surface area (Å²) in [7, 11) is 0. The number of nitrogens with zero attached hydrogens (tertiary/aromatic N) is 1. The van der Waals surface area contributed by atoms with Crippen molar-refractivity contribution in [3.8, 4) is 0 Å². The third kappa shape index (κ3) is 6.41. The lowest BCUT2D eigenvalue weighted by molar-refractivity contribution is -0.173. The highest BCUT2D eigenvalue weighted by Crippen LogP contribution is 2.32. The van der Waals surface area contributed by atoms with Gasteiger partial charge in [0.25, 0.3) is 5.56 Å². The van der Waals surface area contributed by atoms with Gasteiger partial charge in [-0.15, -0.1) is 0 Å². The molecule has 1 aliphatic rings. The molecular formula is C18H26F3N3O6. The number of H-pyrrole nitrogens is 1. The van der Waals surface area contributed by atoms with Crippen molar-refractivity contribution in [2.24, 2.45) is 0 Å². The minimum atomic E-state index is -4.88. The molecule has 1 amide bonds. The number of amides is 1. The quantitative estimate of drug-likeness (QED) is 0.466. The van der Waals surface area contributed by atoms with E-state index in [0.29, 0.717) is 32.1 Å². The number of aliphatic hydroxyl groups is 1. The number of aliphatic hydroxyl groups excluding tert-OH is 1. The number of halogens is 3. The summed E-state index contributed by atoms with van der Waals surface area (Å²) in [5.41, 5.74) is -1.23. The van der Waals surface area contributed by atoms with Crippen LogP contribution >= 0.6 is 0 Å². The normalized spacial score (nSPS) is 24.2. The van der Waals surface area contributed by atoms with Crippen molar-refractivity contribution in [3.63, 3.8) is 0 Å². The van der Waals surface area contributed by atoms with E-state index in [9.17, 15) is 32.7 Å². The van der Waals surface area contributed by atoms with Crippen LogP contribution in [0.1, 0.15) is 45.3 Å². The Balaban J connectivity index is 1.79. The fourth-order valence-corrected chi connectivity index (χ4v) is 3.19. The molecule has 1 aliphatic heterocycles. The largest absolute Gasteiger partial charge is 0.471 e. The second-order valence-electron chi connectivity index (χ2n) is 6.98. The number of aromatic nitrogens is 2. The van der Waals surface area contributed by atoms with E-state index in [1.807, 2.05) is 6.92 Å². The highest BCUT2D eigenvalue weighted by molar-refractivity contribution is 5.81. The van der Waals surface area contributed by atoms with Crippen LogP contribution in [0.25, 0.3) is 0 Å². The number of nitrogens with one attached hydrogen (secondary N) is 2. The van der Waals surface area contributed by atoms with Crippen LogP contribution < -0.4 is 16.6 Å². The molecule has 0 radical (unpaired) electrons. The van der Waals surface area contributed by atoms with Gasteiger partial charge in [-0.3, -0.25) is 19.1 Å². The number of ether oxygens (including phenoxy) is 2. The zero-order chi connectivity index (χ0) is 22.3. The van der Waals surface area contributed by atoms with Crippen molar-refractivity contribution >= 4 is 5.91 Å². The molecule has 1 saturated heterocycles. The minimum Gasteiger partial charge on any atom is -0.388 e. The Hall–Kier alpha value is -2.18. The van der Waals surface area contributed by atoms with Gasteiger partial charge in [0.2, 0.25) is 0 Å². The molecule has 30 heavy (non-hydrogen) atoms. The molecule has 3 N–H and O–H groups in total. The molecular weight excluding hydrogens is 411 g/mol. The first-order valence-electron chi connectivity index (χ1n) is 9.76. The van der Waals surface area contributed by atoms with E-state index >= 15 is 0 Å². The maximum absolute atomic E-state index is 12.1. The number of rotatable bonds is 10. The number of hydrogen-bond acceptors (Lipinski definition) is 6. The predicted molar refractivity (Wildman–Crippen MR) is 98.8 cm³/mol. The summed E-state index contributed by atoms with van der Waals surface area (Å²) in [4.78, 5) is 36.1. The SMILES string of the molecule is CC[C@H]1O[C@@H](n2ccc(=O)[nH]c2=O)C(OCCCCCCNC(=O)C(F)(F)F)[C@H]1O. The van der Waals surface area contributed by atoms with Crippen molar-refractivity contribution < 1.29 is 32.5 Å². The van der Waals surface area contributed by atoms with Gasteiger partial charge >= 0.3 is 17.8 Å². The minimum absolute atomic E-state index is 0.0657. The van der Waals surface area contributed by atoms with Crippen molar-refractivity contribution in [1.29, 1.82) is 0 Å². The van der Waals surface area contributed by atoms with Crippen LogP contribution in [0.2, 0.25) is 0 Å². The fraction of sp³-hybridized carbons (Fsp3) is 0.722. The molecule has 0 aliphatic carbocycles. The first-order chi connectivity index (χ1) is 14.1. The monoisotopic (exact) mass is 437 g/mol. The van der Waals surface area contributed by atoms with Crippen molar-refractivity contribution in [3.05, 3.63) is 33.1 Å². The zero-order valence-corrected chi connectivity index (χ0v) is 16.5. The molecule has 1 aromatic heterocycles. The zero-order valence-electron chi connectivity index (χ0n) is 16.5. The molecule has 1 unspecified atom stereocenters. The van der Waals surface area contributed by atoms with Crippen molar-refractivity contribution in [2.45, 2.75) is 69.7 Å². The first kappa shape index (κ1) is 24.1. The lowest BCUT2D eigenvalue weighted by Gasteiger charge is -2.22. The second kappa shape index (κ2) is 10.7. The summed E-state index contributed by atoms with van der Waals surface area (Å²) >= 11 is 0. The molecule has 0 saturated carbocycles. The molecule has 170 valence electrons. The number of hydrogen-bond donors (Lipinski definition) is 3. The number of alkyl halides is 3. The number of carbonyl (C=O) groups excluding carboxylic acids is 1. The molecule has 12 heteroatoms. The van der Waals surface area contributed by atoms with Crippen molar-refractivity contribution in [1.82, 2.24) is 14.9 Å². The smallest absolute Gasteiger partial charge is 0.388 e. The van der Waals surface area contributed by atoms with Crippen LogP contribution in [0.5, 0.6) is 0 Å². The highest BCUT2D eigenvalue weighted by Gasteiger charge is 2.45. The maximum atomic E-state index is 12.1. The Morgan fingerprint density at radius 2 is 2.00 bits per heavy atom. The van der Waals surface area contributed by atoms with Crippen LogP contribution in [-0.2, 0) is 14.3 Å². The van der Waals surface area contributed by atoms with Crippen LogP contribution in [0.4, 0.5) is 13.2 Å². The first-order valence-corrected chi connectivity index (χ1v) is 9.76. The molecule has 0 aromatic carbocycles. The average Bonchev–Trinajstić information content (AvgIpc) is 2.98. The summed E-state index contributed by atoms with van der Waals surface area (Å²) in [6.45, 7) is 2.00. The molecule has 9 nitrogen and oxygen atoms in total. The van der Waals surface area contributed by atoms with Gasteiger partial charge in [0, 0.05) is 25.4 Å². The molecule has 1 fully saturated rings. The predicted octanol–water partition coefficient (Wildman–Crippen LogP) is 0.829. The summed E-state index contributed by atoms with van der Waals surface area (Å²) in [5.74, 6) is -1.95. The van der Waals surface area contributed by atoms with Gasteiger partial charge in [-0.2, -0.15) is 13.2 Å². The molecule has 1 aromatic rings. The summed E-state index contributed by atoms with van der Waals surface area (Å²) in [6.07, 6.45) is -4.10. The second-order valence-corrected chi connectivity index (χ2v) is 6.98. The van der Waals surface area contributed by atoms with E-state index in [1.165, 1.54) is 12.3 Å². The van der Waals surface area contributed by atoms with E-state index in [4.69, 9.17) is 9.47 Å². The topological polar surface area (TPSA) is 123 Å². The number of unbranched alkanes of at least 4 members (excludes halogenated alkanes) is 3. The van der Waals surface area contributed by atoms with Crippen LogP contribution in [0.15, 0.2) is 21.9 Å². The van der Waals surface area contributed by atoms with E-state index in [-0.39, 0.29) is 13.2 Å². The Bertz CT molecular complexity index is 809. The Kier molecular flexibility index (Phi) is 8.62. The van der Waals surface area contributed by atoms with Gasteiger partial charge < -0.3 is 19.9 Å². The molecule has 0 bridgehead atoms. The Labute approximate surface area is 170 Å². The van der Waals surface area contributed by atoms with Gasteiger partial charge in [0.1, 0.15) is 12.2 Å². The fourth-order valence-electron chi connectivity index (χ4n) is 3.19. The van der Waals surface area contributed by atoms with Gasteiger partial charge in [-0.25, -0.2) is 4.79 Å². The lowest BCUT2D eigenvalue weighted by atomic mass is 10.1. The van der Waals surface area contributed by atoms with Gasteiger partial charge in [-0.1, -0.05) is 19.8 Å². The Morgan fingerprint density at radius 1 is 1.30 bits per heavy atom. The molecule has 4 atom stereocenters. The third-order valence-corrected chi connectivity index (χ3v) is 4.76. The molecule has 2 rings (SSSR count). The van der Waals surface area contributed by atoms with Gasteiger partial charge in [0.05, 0.1) is 6.10 Å². The van der Waals surface area contributed by atoms with E-state index in [2.05, 4.69) is 4.98 Å². The summed E-state index contributed by atoms with van der Waals surface area (Å²) < 4.78 is 48.8. The molecule has 0 spiro atoms. The van der Waals surface area contributed by atoms with Crippen molar-refractivity contribution in [2.75, 3.05) is 13.2 Å². The Morgan fingerprint density at radius 3 is 2.63 bits per heavy atom. The van der Waals surface area contributed by atoms with Crippen LogP contribution in [0.3, 0.4) is 0 Å². The van der Waals surface area contributed by atoms with Crippen LogP contribution in [0, 0.1) is 0 Å². The highest BCUT2D eigenvalue weighted by atomic mass is 19.4. The summed E-state index contributed by atoms with van der Waals surface area (Å²) in [6, 6.07) is 1.17. The number of carbonyl (C=O) groups is 1. The summed E-state index contributed by atoms with van der Waals surface area (Å²) in [5, 5.41) is 12.3. The van der Waals surface area contributed by atoms with E-state index in [1.54, 1.807) is 5.32 Å². The molecule has 2 heterocycles. The third-order valence-electron chi connectivity index (χ3n) is 4.76. The van der Waals surface area contributed by atoms with Gasteiger partial charge in [-0.05, 0) is 19.3 Å². The maximum Gasteiger partial charge on any atom is 0.471 e. The van der Waals surface area contributed by atoms with E-state index < -0.39 is 47.9 Å². The number of aromatic amines is 1.